The molecule has 5 rings (SSSR count). The van der Waals surface area contributed by atoms with E-state index in [9.17, 15) is 8.42 Å². The number of hydrogen-bond acceptors (Lipinski definition) is 5. The van der Waals surface area contributed by atoms with Crippen LogP contribution in [0, 0.1) is 0 Å². The number of hydrogen-bond donors (Lipinski definition) is 1. The maximum atomic E-state index is 12.5. The van der Waals surface area contributed by atoms with Crippen molar-refractivity contribution >= 4 is 26.7 Å². The first-order valence-electron chi connectivity index (χ1n) is 9.53. The summed E-state index contributed by atoms with van der Waals surface area (Å²) in [6, 6.07) is 23.1. The molecule has 8 heteroatoms. The Hall–Kier alpha value is -4.04. The van der Waals surface area contributed by atoms with Gasteiger partial charge in [-0.3, -0.25) is 14.3 Å². The fourth-order valence-electron chi connectivity index (χ4n) is 3.28. The van der Waals surface area contributed by atoms with Crippen molar-refractivity contribution in [2.75, 3.05) is 4.72 Å². The van der Waals surface area contributed by atoms with Gasteiger partial charge in [-0.25, -0.2) is 18.4 Å². The largest absolute Gasteiger partial charge is 0.282 e. The van der Waals surface area contributed by atoms with Gasteiger partial charge in [0.15, 0.2) is 5.82 Å². The lowest BCUT2D eigenvalue weighted by molar-refractivity contribution is 0.601. The van der Waals surface area contributed by atoms with Gasteiger partial charge in [-0.05, 0) is 36.4 Å². The van der Waals surface area contributed by atoms with Crippen LogP contribution in [0.3, 0.4) is 0 Å². The number of aromatic nitrogens is 4. The zero-order valence-corrected chi connectivity index (χ0v) is 17.1. The highest BCUT2D eigenvalue weighted by Crippen LogP contribution is 2.23. The second-order valence-electron chi connectivity index (χ2n) is 6.86. The summed E-state index contributed by atoms with van der Waals surface area (Å²) in [5.41, 5.74) is 3.79. The quantitative estimate of drug-likeness (QED) is 0.452. The topological polar surface area (TPSA) is 89.8 Å². The van der Waals surface area contributed by atoms with E-state index in [0.29, 0.717) is 17.2 Å². The van der Waals surface area contributed by atoms with E-state index in [0.717, 1.165) is 16.6 Å². The van der Waals surface area contributed by atoms with Crippen LogP contribution in [0.25, 0.3) is 28.1 Å². The Kier molecular flexibility index (Phi) is 4.68. The number of imidazole rings is 1. The maximum absolute atomic E-state index is 12.5. The van der Waals surface area contributed by atoms with Gasteiger partial charge in [-0.2, -0.15) is 0 Å². The molecule has 7 nitrogen and oxygen atoms in total. The van der Waals surface area contributed by atoms with E-state index in [1.54, 1.807) is 61.2 Å². The Morgan fingerprint density at radius 2 is 1.55 bits per heavy atom. The van der Waals surface area contributed by atoms with Crippen LogP contribution in [-0.4, -0.2) is 27.9 Å². The van der Waals surface area contributed by atoms with Gasteiger partial charge in [0.1, 0.15) is 6.33 Å². The van der Waals surface area contributed by atoms with E-state index in [1.165, 1.54) is 0 Å². The van der Waals surface area contributed by atoms with Crippen molar-refractivity contribution in [3.05, 3.63) is 97.6 Å². The summed E-state index contributed by atoms with van der Waals surface area (Å²) < 4.78 is 29.5. The van der Waals surface area contributed by atoms with Crippen LogP contribution in [0.15, 0.2) is 102 Å². The highest BCUT2D eigenvalue weighted by molar-refractivity contribution is 7.92. The molecule has 1 N–H and O–H groups in total. The van der Waals surface area contributed by atoms with Crippen molar-refractivity contribution in [1.29, 1.82) is 0 Å². The summed E-state index contributed by atoms with van der Waals surface area (Å²) in [4.78, 5) is 13.6. The zero-order valence-electron chi connectivity index (χ0n) is 16.3. The van der Waals surface area contributed by atoms with Gasteiger partial charge in [0.05, 0.1) is 34.0 Å². The smallest absolute Gasteiger partial charge is 0.261 e. The van der Waals surface area contributed by atoms with E-state index < -0.39 is 10.0 Å². The number of fused-ring (bicyclic) bond motifs is 1. The lowest BCUT2D eigenvalue weighted by Gasteiger charge is -2.09. The van der Waals surface area contributed by atoms with Gasteiger partial charge in [-0.1, -0.05) is 42.5 Å². The Balaban J connectivity index is 1.42. The molecule has 2 aromatic heterocycles. The summed E-state index contributed by atoms with van der Waals surface area (Å²) >= 11 is 0. The predicted octanol–water partition coefficient (Wildman–Crippen LogP) is 4.28. The van der Waals surface area contributed by atoms with Crippen LogP contribution >= 0.6 is 0 Å². The van der Waals surface area contributed by atoms with Gasteiger partial charge in [-0.15, -0.1) is 0 Å². The summed E-state index contributed by atoms with van der Waals surface area (Å²) in [5, 5.41) is 0. The molecule has 0 radical (unpaired) electrons. The van der Waals surface area contributed by atoms with E-state index in [-0.39, 0.29) is 4.90 Å². The Morgan fingerprint density at radius 3 is 2.35 bits per heavy atom. The molecule has 0 aliphatic rings. The van der Waals surface area contributed by atoms with Crippen LogP contribution < -0.4 is 4.72 Å². The third kappa shape index (κ3) is 3.76. The number of anilines is 1. The number of benzene rings is 3. The first kappa shape index (κ1) is 19.0. The Bertz CT molecular complexity index is 1460. The van der Waals surface area contributed by atoms with Crippen LogP contribution in [-0.2, 0) is 10.0 Å². The minimum Gasteiger partial charge on any atom is -0.282 e. The molecule has 0 fully saturated rings. The molecule has 152 valence electrons. The molecule has 31 heavy (non-hydrogen) atoms. The molecule has 0 aliphatic heterocycles. The van der Waals surface area contributed by atoms with E-state index in [4.69, 9.17) is 4.98 Å². The first-order chi connectivity index (χ1) is 15.1. The van der Waals surface area contributed by atoms with Gasteiger partial charge in [0.2, 0.25) is 0 Å². The lowest BCUT2D eigenvalue weighted by Crippen LogP contribution is -2.12. The average molecular weight is 427 g/mol. The van der Waals surface area contributed by atoms with Gasteiger partial charge in [0.25, 0.3) is 10.0 Å². The monoisotopic (exact) mass is 427 g/mol. The predicted molar refractivity (Wildman–Crippen MR) is 119 cm³/mol. The second kappa shape index (κ2) is 7.66. The number of para-hydroxylation sites is 2. The van der Waals surface area contributed by atoms with Crippen LogP contribution in [0.2, 0.25) is 0 Å². The van der Waals surface area contributed by atoms with Crippen molar-refractivity contribution < 1.29 is 8.42 Å². The molecular formula is C23H17N5O2S. The average Bonchev–Trinajstić information content (AvgIpc) is 3.24. The molecule has 3 aromatic carbocycles. The summed E-state index contributed by atoms with van der Waals surface area (Å²) in [6.45, 7) is 0. The Morgan fingerprint density at radius 1 is 0.806 bits per heavy atom. The molecule has 0 amide bonds. The van der Waals surface area contributed by atoms with Crippen molar-refractivity contribution in [3.8, 4) is 17.1 Å². The van der Waals surface area contributed by atoms with Crippen molar-refractivity contribution in [1.82, 2.24) is 19.5 Å². The van der Waals surface area contributed by atoms with E-state index >= 15 is 0 Å². The fraction of sp³-hybridized carbons (Fsp3) is 0. The molecule has 0 unspecified atom stereocenters. The minimum absolute atomic E-state index is 0.213. The number of nitrogens with one attached hydrogen (secondary N) is 1. The SMILES string of the molecule is O=S(=O)(Nc1ccc(-c2cncc(-n3cnc4ccccc43)n2)cc1)c1ccccc1. The molecule has 0 bridgehead atoms. The third-order valence-corrected chi connectivity index (χ3v) is 6.21. The standard InChI is InChI=1S/C23H17N5O2S/c29-31(30,19-6-2-1-3-7-19)27-18-12-10-17(11-13-18)21-14-24-15-23(26-21)28-16-25-20-8-4-5-9-22(20)28/h1-16,27H. The molecule has 0 saturated heterocycles. The molecule has 2 heterocycles. The normalized spacial score (nSPS) is 11.5. The lowest BCUT2D eigenvalue weighted by atomic mass is 10.1. The van der Waals surface area contributed by atoms with E-state index in [2.05, 4.69) is 14.7 Å². The van der Waals surface area contributed by atoms with Crippen LogP contribution in [0.5, 0.6) is 0 Å². The molecule has 0 aliphatic carbocycles. The number of sulfonamides is 1. The Labute approximate surface area is 179 Å². The molecule has 5 aromatic rings. The first-order valence-corrected chi connectivity index (χ1v) is 11.0. The molecule has 0 spiro atoms. The summed E-state index contributed by atoms with van der Waals surface area (Å²) in [7, 11) is -3.64. The molecule has 0 atom stereocenters. The van der Waals surface area contributed by atoms with Crippen LogP contribution in [0.1, 0.15) is 0 Å². The zero-order chi connectivity index (χ0) is 21.3. The second-order valence-corrected chi connectivity index (χ2v) is 8.54. The van der Waals surface area contributed by atoms with Crippen LogP contribution in [0.4, 0.5) is 5.69 Å². The highest BCUT2D eigenvalue weighted by atomic mass is 32.2. The van der Waals surface area contributed by atoms with E-state index in [1.807, 2.05) is 41.0 Å². The summed E-state index contributed by atoms with van der Waals surface area (Å²) in [5.74, 6) is 0.653. The van der Waals surface area contributed by atoms with Gasteiger partial charge < -0.3 is 0 Å². The van der Waals surface area contributed by atoms with Crippen molar-refractivity contribution in [2.24, 2.45) is 0 Å². The van der Waals surface area contributed by atoms with Gasteiger partial charge in [0, 0.05) is 11.3 Å². The summed E-state index contributed by atoms with van der Waals surface area (Å²) in [6.07, 6.45) is 5.08. The van der Waals surface area contributed by atoms with Crippen molar-refractivity contribution in [2.45, 2.75) is 4.90 Å². The van der Waals surface area contributed by atoms with Gasteiger partial charge >= 0.3 is 0 Å². The number of rotatable bonds is 5. The van der Waals surface area contributed by atoms with Crippen molar-refractivity contribution in [3.63, 3.8) is 0 Å². The third-order valence-electron chi connectivity index (χ3n) is 4.81. The fourth-order valence-corrected chi connectivity index (χ4v) is 4.36. The number of nitrogens with zero attached hydrogens (tertiary/aromatic N) is 4. The highest BCUT2D eigenvalue weighted by Gasteiger charge is 2.13. The molecule has 0 saturated carbocycles. The maximum Gasteiger partial charge on any atom is 0.261 e. The molecular weight excluding hydrogens is 410 g/mol. The minimum atomic E-state index is -3.64.